The molecule has 0 aliphatic rings. The minimum atomic E-state index is -5.77. The number of hydrogen-bond acceptors (Lipinski definition) is 2. The Morgan fingerprint density at radius 2 is 1.19 bits per heavy atom. The van der Waals surface area contributed by atoms with E-state index in [0.29, 0.717) is 5.69 Å². The topological polar surface area (TPSA) is 53.0 Å². The van der Waals surface area contributed by atoms with Gasteiger partial charge in [0.2, 0.25) is 5.96 Å². The number of alkyl halides is 3. The van der Waals surface area contributed by atoms with Gasteiger partial charge in [0, 0.05) is 25.8 Å². The number of guanidine groups is 1. The van der Waals surface area contributed by atoms with Gasteiger partial charge in [0.1, 0.15) is 0 Å². The van der Waals surface area contributed by atoms with Gasteiger partial charge in [-0.15, -0.1) is 4.40 Å². The summed E-state index contributed by atoms with van der Waals surface area (Å²) in [4.78, 5) is 2.86. The molecule has 5 nitrogen and oxygen atoms in total. The van der Waals surface area contributed by atoms with Crippen LogP contribution in [0.3, 0.4) is 0 Å². The summed E-state index contributed by atoms with van der Waals surface area (Å²) in [6.07, 6.45) is 0. The molecule has 3 aromatic rings. The predicted octanol–water partition coefficient (Wildman–Crippen LogP) is 5.03. The lowest BCUT2D eigenvalue weighted by Crippen LogP contribution is -2.43. The van der Waals surface area contributed by atoms with Crippen LogP contribution in [-0.2, 0) is 23.1 Å². The maximum Gasteiger partial charge on any atom is 0.518 e. The van der Waals surface area contributed by atoms with E-state index in [1.165, 1.54) is 16.8 Å². The highest BCUT2D eigenvalue weighted by Gasteiger charge is 2.47. The van der Waals surface area contributed by atoms with Gasteiger partial charge in [0.25, 0.3) is 0 Å². The maximum absolute atomic E-state index is 13.2. The van der Waals surface area contributed by atoms with Crippen molar-refractivity contribution in [2.75, 3.05) is 11.9 Å². The normalized spacial score (nSPS) is 12.4. The van der Waals surface area contributed by atoms with Crippen LogP contribution in [0.1, 0.15) is 11.1 Å². The van der Waals surface area contributed by atoms with Crippen molar-refractivity contribution in [3.05, 3.63) is 102 Å². The highest BCUT2D eigenvalue weighted by molar-refractivity contribution is 7.91. The van der Waals surface area contributed by atoms with E-state index in [0.717, 1.165) is 11.1 Å². The van der Waals surface area contributed by atoms with Crippen molar-refractivity contribution in [1.82, 2.24) is 4.90 Å². The molecule has 0 saturated carbocycles. The summed E-state index contributed by atoms with van der Waals surface area (Å²) in [5.41, 5.74) is -3.43. The maximum atomic E-state index is 13.2. The van der Waals surface area contributed by atoms with Crippen LogP contribution in [0.25, 0.3) is 0 Å². The zero-order valence-electron chi connectivity index (χ0n) is 17.3. The minimum absolute atomic E-state index is 0.152. The monoisotopic (exact) mass is 461 g/mol. The van der Waals surface area contributed by atoms with Crippen LogP contribution < -0.4 is 4.90 Å². The molecule has 0 aliphatic heterocycles. The van der Waals surface area contributed by atoms with Gasteiger partial charge in [-0.05, 0) is 23.3 Å². The van der Waals surface area contributed by atoms with Crippen LogP contribution in [0.4, 0.5) is 18.9 Å². The van der Waals surface area contributed by atoms with Crippen molar-refractivity contribution in [2.24, 2.45) is 4.40 Å². The Labute approximate surface area is 185 Å². The largest absolute Gasteiger partial charge is 0.518 e. The fourth-order valence-corrected chi connectivity index (χ4v) is 3.62. The summed E-state index contributed by atoms with van der Waals surface area (Å²) in [6, 6.07) is 26.6. The number of anilines is 1. The third-order valence-corrected chi connectivity index (χ3v) is 5.64. The molecule has 0 amide bonds. The second-order valence-corrected chi connectivity index (χ2v) is 8.63. The van der Waals surface area contributed by atoms with Crippen molar-refractivity contribution in [2.45, 2.75) is 18.6 Å². The first-order chi connectivity index (χ1) is 15.2. The zero-order valence-corrected chi connectivity index (χ0v) is 18.1. The van der Waals surface area contributed by atoms with Crippen LogP contribution >= 0.6 is 0 Å². The molecular formula is C23H22F3N3O2S. The molecule has 0 unspecified atom stereocenters. The lowest BCUT2D eigenvalue weighted by molar-refractivity contribution is -0.0435. The van der Waals surface area contributed by atoms with E-state index < -0.39 is 15.5 Å². The molecule has 3 aromatic carbocycles. The molecule has 0 bridgehead atoms. The summed E-state index contributed by atoms with van der Waals surface area (Å²) in [6.45, 7) is 0.304. The van der Waals surface area contributed by atoms with Gasteiger partial charge < -0.3 is 9.80 Å². The third-order valence-electron chi connectivity index (χ3n) is 4.65. The summed E-state index contributed by atoms with van der Waals surface area (Å²) < 4.78 is 67.1. The molecule has 32 heavy (non-hydrogen) atoms. The SMILES string of the molecule is CN(/C(=N/S(=O)(=O)C(F)(F)F)N(Cc1ccccc1)Cc1ccccc1)c1ccccc1. The molecule has 0 N–H and O–H groups in total. The minimum Gasteiger partial charge on any atom is -0.333 e. The van der Waals surface area contributed by atoms with Crippen molar-refractivity contribution in [1.29, 1.82) is 0 Å². The van der Waals surface area contributed by atoms with Gasteiger partial charge >= 0.3 is 15.5 Å². The average Bonchev–Trinajstić information content (AvgIpc) is 2.78. The molecule has 0 aliphatic carbocycles. The van der Waals surface area contributed by atoms with E-state index in [9.17, 15) is 21.6 Å². The Bertz CT molecular complexity index is 1100. The molecule has 0 aromatic heterocycles. The molecule has 0 radical (unpaired) electrons. The van der Waals surface area contributed by atoms with E-state index in [-0.39, 0.29) is 19.0 Å². The lowest BCUT2D eigenvalue weighted by Gasteiger charge is -2.32. The average molecular weight is 462 g/mol. The first kappa shape index (κ1) is 23.3. The van der Waals surface area contributed by atoms with Gasteiger partial charge in [-0.2, -0.15) is 21.6 Å². The van der Waals surface area contributed by atoms with Crippen LogP contribution in [0.15, 0.2) is 95.4 Å². The van der Waals surface area contributed by atoms with E-state index in [1.54, 1.807) is 54.6 Å². The predicted molar refractivity (Wildman–Crippen MR) is 119 cm³/mol. The number of hydrogen-bond donors (Lipinski definition) is 0. The standard InChI is InChI=1S/C23H22F3N3O2S/c1-28(21-15-9-4-10-16-21)22(27-32(30,31)23(24,25)26)29(17-19-11-5-2-6-12-19)18-20-13-7-3-8-14-20/h2-16H,17-18H2,1H3/b27-22-. The molecule has 0 spiro atoms. The summed E-state index contributed by atoms with van der Waals surface area (Å²) >= 11 is 0. The fourth-order valence-electron chi connectivity index (χ4n) is 3.06. The van der Waals surface area contributed by atoms with Crippen LogP contribution in [-0.4, -0.2) is 31.8 Å². The van der Waals surface area contributed by atoms with Crippen molar-refractivity contribution in [3.8, 4) is 0 Å². The fraction of sp³-hybridized carbons (Fsp3) is 0.174. The Hall–Kier alpha value is -3.33. The number of rotatable bonds is 6. The molecule has 0 saturated heterocycles. The number of halogens is 3. The molecular weight excluding hydrogens is 439 g/mol. The zero-order chi connectivity index (χ0) is 23.2. The Balaban J connectivity index is 2.13. The van der Waals surface area contributed by atoms with Gasteiger partial charge in [-0.3, -0.25) is 0 Å². The van der Waals surface area contributed by atoms with Gasteiger partial charge in [0.15, 0.2) is 0 Å². The molecule has 0 atom stereocenters. The third kappa shape index (κ3) is 5.88. The first-order valence-electron chi connectivity index (χ1n) is 9.70. The van der Waals surface area contributed by atoms with Crippen molar-refractivity contribution < 1.29 is 21.6 Å². The van der Waals surface area contributed by atoms with E-state index in [4.69, 9.17) is 0 Å². The molecule has 0 fully saturated rings. The van der Waals surface area contributed by atoms with Crippen LogP contribution in [0.5, 0.6) is 0 Å². The van der Waals surface area contributed by atoms with E-state index in [2.05, 4.69) is 4.40 Å². The quantitative estimate of drug-likeness (QED) is 0.382. The van der Waals surface area contributed by atoms with Crippen molar-refractivity contribution >= 4 is 21.7 Å². The molecule has 168 valence electrons. The Morgan fingerprint density at radius 3 is 1.59 bits per heavy atom. The molecule has 3 rings (SSSR count). The summed E-state index contributed by atoms with van der Waals surface area (Å²) in [5, 5.41) is 0. The van der Waals surface area contributed by atoms with Crippen LogP contribution in [0.2, 0.25) is 0 Å². The van der Waals surface area contributed by atoms with Crippen LogP contribution in [0, 0.1) is 0 Å². The molecule has 9 heteroatoms. The molecule has 0 heterocycles. The highest BCUT2D eigenvalue weighted by atomic mass is 32.2. The lowest BCUT2D eigenvalue weighted by atomic mass is 10.1. The number of sulfonamides is 1. The number of para-hydroxylation sites is 1. The van der Waals surface area contributed by atoms with Gasteiger partial charge in [-0.25, -0.2) is 0 Å². The second-order valence-electron chi connectivity index (χ2n) is 7.03. The number of nitrogens with zero attached hydrogens (tertiary/aromatic N) is 3. The second kappa shape index (κ2) is 9.86. The van der Waals surface area contributed by atoms with Gasteiger partial charge in [-0.1, -0.05) is 78.9 Å². The number of benzene rings is 3. The Kier molecular flexibility index (Phi) is 7.19. The van der Waals surface area contributed by atoms with Gasteiger partial charge in [0.05, 0.1) is 0 Å². The van der Waals surface area contributed by atoms with E-state index in [1.807, 2.05) is 36.4 Å². The smallest absolute Gasteiger partial charge is 0.333 e. The first-order valence-corrected chi connectivity index (χ1v) is 11.1. The summed E-state index contributed by atoms with van der Waals surface area (Å²) in [7, 11) is -4.29. The Morgan fingerprint density at radius 1 is 0.781 bits per heavy atom. The summed E-state index contributed by atoms with van der Waals surface area (Å²) in [5.74, 6) is -0.332. The van der Waals surface area contributed by atoms with E-state index >= 15 is 0 Å². The highest BCUT2D eigenvalue weighted by Crippen LogP contribution is 2.27. The van der Waals surface area contributed by atoms with Crippen molar-refractivity contribution in [3.63, 3.8) is 0 Å².